The molecule has 0 heterocycles. The Balaban J connectivity index is 0.00000364. The Labute approximate surface area is 172 Å². The van der Waals surface area contributed by atoms with Crippen LogP contribution < -0.4 is 28.7 Å². The molecule has 0 spiro atoms. The van der Waals surface area contributed by atoms with E-state index in [1.807, 2.05) is 30.3 Å². The molecule has 27 heavy (non-hydrogen) atoms. The Morgan fingerprint density at radius 1 is 1.11 bits per heavy atom. The van der Waals surface area contributed by atoms with Crippen molar-refractivity contribution in [2.75, 3.05) is 26.4 Å². The third-order valence-electron chi connectivity index (χ3n) is 3.87. The first kappa shape index (κ1) is 23.3. The van der Waals surface area contributed by atoms with Crippen LogP contribution in [0.15, 0.2) is 59.5 Å². The normalized spacial score (nSPS) is 12.3. The number of nitrogens with zero attached hydrogens (tertiary/aromatic N) is 1. The Morgan fingerprint density at radius 2 is 1.70 bits per heavy atom. The number of carbonyl (C=O) groups is 1. The molecule has 2 rings (SSSR count). The van der Waals surface area contributed by atoms with Gasteiger partial charge in [-0.2, -0.15) is 0 Å². The van der Waals surface area contributed by atoms with E-state index in [1.54, 1.807) is 24.1 Å². The Kier molecular flexibility index (Phi) is 9.07. The van der Waals surface area contributed by atoms with Crippen molar-refractivity contribution < 1.29 is 41.9 Å². The number of hydrogen-bond acceptors (Lipinski definition) is 6. The number of likely N-dealkylation sites (N-methyl/N-ethyl adjacent to an activating group) is 1. The van der Waals surface area contributed by atoms with Crippen LogP contribution in [0.1, 0.15) is 18.1 Å². The summed E-state index contributed by atoms with van der Waals surface area (Å²) >= 11 is 0. The molecule has 8 heteroatoms. The molecule has 6 nitrogen and oxygen atoms in total. The second-order valence-corrected chi connectivity index (χ2v) is 8.17. The summed E-state index contributed by atoms with van der Waals surface area (Å²) in [6, 6.07) is 15.9. The van der Waals surface area contributed by atoms with E-state index in [0.717, 1.165) is 11.8 Å². The molecule has 2 aromatic carbocycles. The molecular formula is C19H22LiNO5S. The van der Waals surface area contributed by atoms with Crippen molar-refractivity contribution >= 4 is 15.8 Å². The standard InChI is InChI=1S/C19H23NO5S.Li/c1-20(14-19(21)22)13-12-18(15-6-4-3-5-7-15)25-16-8-10-17(11-9-16)26(2,23)24;/h3-11,18H,12-14H2,1-2H3,(H,21,22);/q;+1/p-1/t18-;/m1./s1. The summed E-state index contributed by atoms with van der Waals surface area (Å²) in [6.45, 7) is 0.361. The molecule has 0 aromatic heterocycles. The maximum Gasteiger partial charge on any atom is 1.00 e. The van der Waals surface area contributed by atoms with E-state index < -0.39 is 15.8 Å². The van der Waals surface area contributed by atoms with Gasteiger partial charge in [-0.05, 0) is 36.9 Å². The van der Waals surface area contributed by atoms with Gasteiger partial charge in [0.15, 0.2) is 9.84 Å². The van der Waals surface area contributed by atoms with Crippen LogP contribution in [0.25, 0.3) is 0 Å². The first-order valence-corrected chi connectivity index (χ1v) is 10.0. The molecule has 0 radical (unpaired) electrons. The van der Waals surface area contributed by atoms with Crippen LogP contribution in [-0.2, 0) is 14.6 Å². The summed E-state index contributed by atoms with van der Waals surface area (Å²) < 4.78 is 29.1. The maximum absolute atomic E-state index is 11.6. The molecule has 0 N–H and O–H groups in total. The maximum atomic E-state index is 11.6. The first-order chi connectivity index (χ1) is 12.3. The molecule has 140 valence electrons. The van der Waals surface area contributed by atoms with Crippen molar-refractivity contribution in [1.82, 2.24) is 4.90 Å². The van der Waals surface area contributed by atoms with Crippen LogP contribution in [-0.4, -0.2) is 45.7 Å². The van der Waals surface area contributed by atoms with Crippen LogP contribution in [0.4, 0.5) is 0 Å². The van der Waals surface area contributed by atoms with E-state index in [-0.39, 0.29) is 36.4 Å². The van der Waals surface area contributed by atoms with Crippen molar-refractivity contribution in [2.24, 2.45) is 0 Å². The molecule has 0 aliphatic rings. The van der Waals surface area contributed by atoms with Crippen LogP contribution in [0, 0.1) is 0 Å². The molecule has 0 unspecified atom stereocenters. The topological polar surface area (TPSA) is 86.7 Å². The van der Waals surface area contributed by atoms with Crippen molar-refractivity contribution in [2.45, 2.75) is 17.4 Å². The quantitative estimate of drug-likeness (QED) is 0.479. The smallest absolute Gasteiger partial charge is 0.549 e. The zero-order valence-electron chi connectivity index (χ0n) is 15.8. The van der Waals surface area contributed by atoms with Gasteiger partial charge in [0.05, 0.1) is 10.9 Å². The average Bonchev–Trinajstić information content (AvgIpc) is 2.58. The van der Waals surface area contributed by atoms with Crippen LogP contribution in [0.2, 0.25) is 0 Å². The molecule has 0 aliphatic heterocycles. The summed E-state index contributed by atoms with van der Waals surface area (Å²) in [7, 11) is -1.55. The van der Waals surface area contributed by atoms with Gasteiger partial charge in [0.1, 0.15) is 11.9 Å². The van der Waals surface area contributed by atoms with Gasteiger partial charge in [-0.3, -0.25) is 0 Å². The van der Waals surface area contributed by atoms with Crippen LogP contribution in [0.5, 0.6) is 5.75 Å². The summed E-state index contributed by atoms with van der Waals surface area (Å²) in [5, 5.41) is 10.7. The van der Waals surface area contributed by atoms with Gasteiger partial charge in [-0.15, -0.1) is 0 Å². The zero-order valence-corrected chi connectivity index (χ0v) is 16.6. The van der Waals surface area contributed by atoms with Gasteiger partial charge < -0.3 is 19.5 Å². The van der Waals surface area contributed by atoms with E-state index in [2.05, 4.69) is 0 Å². The van der Waals surface area contributed by atoms with E-state index in [9.17, 15) is 18.3 Å². The summed E-state index contributed by atoms with van der Waals surface area (Å²) in [6.07, 6.45) is 1.44. The minimum atomic E-state index is -3.26. The third-order valence-corrected chi connectivity index (χ3v) is 5.00. The number of hydrogen-bond donors (Lipinski definition) is 0. The summed E-state index contributed by atoms with van der Waals surface area (Å²) in [4.78, 5) is 12.6. The van der Waals surface area contributed by atoms with E-state index >= 15 is 0 Å². The van der Waals surface area contributed by atoms with Gasteiger partial charge in [0.2, 0.25) is 0 Å². The van der Waals surface area contributed by atoms with Gasteiger partial charge in [-0.25, -0.2) is 8.42 Å². The molecule has 0 fully saturated rings. The molecule has 0 saturated carbocycles. The van der Waals surface area contributed by atoms with Gasteiger partial charge in [-0.1, -0.05) is 30.3 Å². The molecule has 0 aliphatic carbocycles. The van der Waals surface area contributed by atoms with Crippen LogP contribution in [0.3, 0.4) is 0 Å². The second kappa shape index (κ2) is 10.5. The number of sulfone groups is 1. The molecule has 2 aromatic rings. The molecular weight excluding hydrogens is 361 g/mol. The fourth-order valence-corrected chi connectivity index (χ4v) is 3.16. The monoisotopic (exact) mass is 383 g/mol. The van der Waals surface area contributed by atoms with Gasteiger partial charge >= 0.3 is 18.9 Å². The number of carbonyl (C=O) groups excluding carboxylic acids is 1. The number of ether oxygens (including phenoxy) is 1. The van der Waals surface area contributed by atoms with E-state index in [0.29, 0.717) is 18.7 Å². The fraction of sp³-hybridized carbons (Fsp3) is 0.316. The molecule has 0 amide bonds. The van der Waals surface area contributed by atoms with E-state index in [4.69, 9.17) is 4.74 Å². The van der Waals surface area contributed by atoms with E-state index in [1.165, 1.54) is 12.1 Å². The van der Waals surface area contributed by atoms with Crippen molar-refractivity contribution in [3.63, 3.8) is 0 Å². The first-order valence-electron chi connectivity index (χ1n) is 8.16. The number of benzene rings is 2. The largest absolute Gasteiger partial charge is 1.00 e. The summed E-state index contributed by atoms with van der Waals surface area (Å²) in [5.74, 6) is -0.574. The SMILES string of the molecule is CN(CC[C@@H](Oc1ccc(S(C)(=O)=O)cc1)c1ccccc1)CC(=O)[O-].[Li+]. The van der Waals surface area contributed by atoms with Crippen molar-refractivity contribution in [3.05, 3.63) is 60.2 Å². The van der Waals surface area contributed by atoms with Crippen molar-refractivity contribution in [1.29, 1.82) is 0 Å². The van der Waals surface area contributed by atoms with Gasteiger partial charge in [0.25, 0.3) is 0 Å². The fourth-order valence-electron chi connectivity index (χ4n) is 2.53. The van der Waals surface area contributed by atoms with Crippen LogP contribution >= 0.6 is 0 Å². The number of carboxylic acids is 1. The predicted molar refractivity (Wildman–Crippen MR) is 96.5 cm³/mol. The molecule has 0 bridgehead atoms. The average molecular weight is 383 g/mol. The Hall–Kier alpha value is -1.78. The third kappa shape index (κ3) is 7.77. The number of rotatable bonds is 9. The summed E-state index contributed by atoms with van der Waals surface area (Å²) in [5.41, 5.74) is 0.960. The Morgan fingerprint density at radius 3 is 2.22 bits per heavy atom. The molecule has 1 atom stereocenters. The predicted octanol–water partition coefficient (Wildman–Crippen LogP) is -1.71. The Bertz CT molecular complexity index is 825. The minimum absolute atomic E-state index is 0. The number of carboxylic acid groups (broad SMARTS) is 1. The second-order valence-electron chi connectivity index (χ2n) is 6.16. The zero-order chi connectivity index (χ0) is 19.2. The van der Waals surface area contributed by atoms with Gasteiger partial charge in [0, 0.05) is 25.8 Å². The van der Waals surface area contributed by atoms with Crippen molar-refractivity contribution in [3.8, 4) is 5.75 Å². The number of aliphatic carboxylic acids is 1. The minimum Gasteiger partial charge on any atom is -0.549 e. The molecule has 0 saturated heterocycles.